The molecule has 0 saturated carbocycles. The number of carbonyl (C=O) groups excluding carboxylic acids is 1. The Balaban J connectivity index is 1.67. The van der Waals surface area contributed by atoms with Crippen molar-refractivity contribution in [1.82, 2.24) is 0 Å². The number of hydrogen-bond donors (Lipinski definition) is 0. The predicted molar refractivity (Wildman–Crippen MR) is 114 cm³/mol. The molecule has 0 spiro atoms. The molecule has 0 fully saturated rings. The second kappa shape index (κ2) is 7.91. The van der Waals surface area contributed by atoms with Crippen molar-refractivity contribution in [3.63, 3.8) is 0 Å². The van der Waals surface area contributed by atoms with E-state index in [0.717, 1.165) is 10.8 Å². The molecule has 0 bridgehead atoms. The van der Waals surface area contributed by atoms with Crippen molar-refractivity contribution < 1.29 is 23.4 Å². The van der Waals surface area contributed by atoms with Gasteiger partial charge in [-0.3, -0.25) is 4.79 Å². The van der Waals surface area contributed by atoms with Crippen molar-refractivity contribution in [3.05, 3.63) is 76.1 Å². The first-order valence-electron chi connectivity index (χ1n) is 9.36. The van der Waals surface area contributed by atoms with Gasteiger partial charge < -0.3 is 18.6 Å². The van der Waals surface area contributed by atoms with Gasteiger partial charge >= 0.3 is 5.63 Å². The highest BCUT2D eigenvalue weighted by molar-refractivity contribution is 6.06. The maximum Gasteiger partial charge on any atom is 0.344 e. The van der Waals surface area contributed by atoms with Crippen LogP contribution >= 0.6 is 0 Å². The molecule has 1 heterocycles. The quantitative estimate of drug-likeness (QED) is 0.267. The molecule has 0 aliphatic carbocycles. The smallest absolute Gasteiger partial charge is 0.344 e. The van der Waals surface area contributed by atoms with Gasteiger partial charge in [-0.1, -0.05) is 12.1 Å². The zero-order chi connectivity index (χ0) is 21.3. The van der Waals surface area contributed by atoms with Crippen LogP contribution in [0.25, 0.3) is 21.7 Å². The van der Waals surface area contributed by atoms with E-state index in [0.29, 0.717) is 39.3 Å². The van der Waals surface area contributed by atoms with Crippen LogP contribution in [0.5, 0.6) is 17.2 Å². The SMILES string of the molecule is COc1cccc(C(=O)COc2ccc3c(oc(=O)c4cc(OC)ccc43)c2C)c1. The van der Waals surface area contributed by atoms with Gasteiger partial charge in [0.2, 0.25) is 0 Å². The molecule has 0 atom stereocenters. The van der Waals surface area contributed by atoms with Gasteiger partial charge in [0, 0.05) is 21.9 Å². The van der Waals surface area contributed by atoms with Gasteiger partial charge in [0.25, 0.3) is 0 Å². The van der Waals surface area contributed by atoms with E-state index in [1.165, 1.54) is 0 Å². The first-order chi connectivity index (χ1) is 14.5. The molecule has 0 saturated heterocycles. The molecule has 4 rings (SSSR count). The van der Waals surface area contributed by atoms with Crippen LogP contribution in [-0.2, 0) is 0 Å². The highest BCUT2D eigenvalue weighted by Gasteiger charge is 2.15. The van der Waals surface area contributed by atoms with Crippen LogP contribution in [-0.4, -0.2) is 26.6 Å². The molecule has 6 nitrogen and oxygen atoms in total. The van der Waals surface area contributed by atoms with Crippen LogP contribution in [0.3, 0.4) is 0 Å². The van der Waals surface area contributed by atoms with E-state index in [-0.39, 0.29) is 12.4 Å². The summed E-state index contributed by atoms with van der Waals surface area (Å²) in [4.78, 5) is 25.0. The highest BCUT2D eigenvalue weighted by atomic mass is 16.5. The van der Waals surface area contributed by atoms with Crippen molar-refractivity contribution in [2.75, 3.05) is 20.8 Å². The van der Waals surface area contributed by atoms with Gasteiger partial charge in [0.05, 0.1) is 19.6 Å². The summed E-state index contributed by atoms with van der Waals surface area (Å²) in [5.41, 5.74) is 1.13. The van der Waals surface area contributed by atoms with E-state index in [9.17, 15) is 9.59 Å². The molecule has 1 aromatic heterocycles. The number of hydrogen-bond acceptors (Lipinski definition) is 6. The summed E-state index contributed by atoms with van der Waals surface area (Å²) in [6, 6.07) is 15.8. The van der Waals surface area contributed by atoms with Crippen LogP contribution in [0.2, 0.25) is 0 Å². The Morgan fingerprint density at radius 1 is 0.900 bits per heavy atom. The lowest BCUT2D eigenvalue weighted by molar-refractivity contribution is 0.0921. The fourth-order valence-corrected chi connectivity index (χ4v) is 3.40. The lowest BCUT2D eigenvalue weighted by Crippen LogP contribution is -2.12. The maximum atomic E-state index is 12.5. The standard InChI is InChI=1S/C24H20O6/c1-14-22(29-13-21(25)15-5-4-6-16(11-15)27-2)10-9-19-18-8-7-17(28-3)12-20(18)24(26)30-23(14)19/h4-12H,13H2,1-3H3. The third-order valence-corrected chi connectivity index (χ3v) is 5.04. The predicted octanol–water partition coefficient (Wildman–Crippen LogP) is 4.53. The van der Waals surface area contributed by atoms with Gasteiger partial charge in [0.1, 0.15) is 22.8 Å². The first kappa shape index (κ1) is 19.5. The number of Topliss-reactive ketones (excluding diaryl/α,β-unsaturated/α-hetero) is 1. The third kappa shape index (κ3) is 3.48. The minimum absolute atomic E-state index is 0.144. The van der Waals surface area contributed by atoms with Gasteiger partial charge in [-0.15, -0.1) is 0 Å². The Kier molecular flexibility index (Phi) is 5.14. The van der Waals surface area contributed by atoms with Crippen LogP contribution < -0.4 is 19.8 Å². The van der Waals surface area contributed by atoms with Crippen molar-refractivity contribution in [2.45, 2.75) is 6.92 Å². The number of fused-ring (bicyclic) bond motifs is 3. The summed E-state index contributed by atoms with van der Waals surface area (Å²) >= 11 is 0. The molecule has 0 unspecified atom stereocenters. The summed E-state index contributed by atoms with van der Waals surface area (Å²) in [6.07, 6.45) is 0. The maximum absolute atomic E-state index is 12.5. The van der Waals surface area contributed by atoms with Gasteiger partial charge in [-0.25, -0.2) is 4.79 Å². The van der Waals surface area contributed by atoms with E-state index >= 15 is 0 Å². The lowest BCUT2D eigenvalue weighted by atomic mass is 10.0. The normalized spacial score (nSPS) is 10.9. The molecule has 0 aliphatic rings. The molecule has 152 valence electrons. The molecular formula is C24H20O6. The number of aryl methyl sites for hydroxylation is 1. The number of ether oxygens (including phenoxy) is 3. The number of rotatable bonds is 6. The molecule has 30 heavy (non-hydrogen) atoms. The van der Waals surface area contributed by atoms with Crippen LogP contribution in [0.1, 0.15) is 15.9 Å². The zero-order valence-electron chi connectivity index (χ0n) is 16.9. The Labute approximate surface area is 172 Å². The molecular weight excluding hydrogens is 384 g/mol. The largest absolute Gasteiger partial charge is 0.497 e. The topological polar surface area (TPSA) is 75.0 Å². The molecule has 0 radical (unpaired) electrons. The van der Waals surface area contributed by atoms with Crippen LogP contribution in [0.4, 0.5) is 0 Å². The van der Waals surface area contributed by atoms with E-state index in [1.807, 2.05) is 12.1 Å². The fourth-order valence-electron chi connectivity index (χ4n) is 3.40. The number of ketones is 1. The Bertz CT molecular complexity index is 1320. The zero-order valence-corrected chi connectivity index (χ0v) is 16.9. The molecule has 0 N–H and O–H groups in total. The van der Waals surface area contributed by atoms with Crippen molar-refractivity contribution >= 4 is 27.5 Å². The van der Waals surface area contributed by atoms with E-state index in [4.69, 9.17) is 18.6 Å². The molecule has 6 heteroatoms. The van der Waals surface area contributed by atoms with E-state index in [2.05, 4.69) is 0 Å². The number of methoxy groups -OCH3 is 2. The molecule has 0 amide bonds. The first-order valence-corrected chi connectivity index (χ1v) is 9.36. The summed E-state index contributed by atoms with van der Waals surface area (Å²) in [5.74, 6) is 1.49. The molecule has 4 aromatic rings. The monoisotopic (exact) mass is 404 g/mol. The number of benzene rings is 3. The summed E-state index contributed by atoms with van der Waals surface area (Å²) in [7, 11) is 3.09. The van der Waals surface area contributed by atoms with E-state index < -0.39 is 5.63 Å². The van der Waals surface area contributed by atoms with Crippen LogP contribution in [0.15, 0.2) is 63.8 Å². The Hall–Kier alpha value is -3.80. The molecule has 0 aliphatic heterocycles. The van der Waals surface area contributed by atoms with Gasteiger partial charge in [0.15, 0.2) is 12.4 Å². The van der Waals surface area contributed by atoms with E-state index in [1.54, 1.807) is 63.6 Å². The van der Waals surface area contributed by atoms with Crippen molar-refractivity contribution in [2.24, 2.45) is 0 Å². The minimum atomic E-state index is -0.455. The van der Waals surface area contributed by atoms with Crippen molar-refractivity contribution in [3.8, 4) is 17.2 Å². The fraction of sp³-hybridized carbons (Fsp3) is 0.167. The molecule has 3 aromatic carbocycles. The van der Waals surface area contributed by atoms with Crippen molar-refractivity contribution in [1.29, 1.82) is 0 Å². The average Bonchev–Trinajstić information content (AvgIpc) is 2.78. The third-order valence-electron chi connectivity index (χ3n) is 5.04. The number of carbonyl (C=O) groups is 1. The Morgan fingerprint density at radius 2 is 1.63 bits per heavy atom. The van der Waals surface area contributed by atoms with Gasteiger partial charge in [-0.05, 0) is 49.4 Å². The van der Waals surface area contributed by atoms with Gasteiger partial charge in [-0.2, -0.15) is 0 Å². The summed E-state index contributed by atoms with van der Waals surface area (Å²) in [6.45, 7) is 1.65. The summed E-state index contributed by atoms with van der Waals surface area (Å²) < 4.78 is 21.7. The second-order valence-corrected chi connectivity index (χ2v) is 6.81. The highest BCUT2D eigenvalue weighted by Crippen LogP contribution is 2.32. The second-order valence-electron chi connectivity index (χ2n) is 6.81. The lowest BCUT2D eigenvalue weighted by Gasteiger charge is -2.12. The van der Waals surface area contributed by atoms with Crippen LogP contribution in [0, 0.1) is 6.92 Å². The Morgan fingerprint density at radius 3 is 2.40 bits per heavy atom. The minimum Gasteiger partial charge on any atom is -0.497 e. The average molecular weight is 404 g/mol. The summed E-state index contributed by atoms with van der Waals surface area (Å²) in [5, 5.41) is 2.00.